The first-order chi connectivity index (χ1) is 13.9. The molecule has 2 atom stereocenters. The molecular weight excluding hydrogens is 386 g/mol. The quantitative estimate of drug-likeness (QED) is 0.451. The van der Waals surface area contributed by atoms with Crippen LogP contribution < -0.4 is 22.1 Å². The number of carbonyl (C=O) groups is 2. The maximum atomic E-state index is 12.3. The fraction of sp³-hybridized carbons (Fsp3) is 0.286. The lowest BCUT2D eigenvalue weighted by atomic mass is 10.1. The highest BCUT2D eigenvalue weighted by atomic mass is 32.1. The van der Waals surface area contributed by atoms with Crippen LogP contribution in [0, 0.1) is 0 Å². The van der Waals surface area contributed by atoms with Crippen LogP contribution in [0.25, 0.3) is 10.1 Å². The summed E-state index contributed by atoms with van der Waals surface area (Å²) in [6, 6.07) is 12.3. The number of amides is 2. The van der Waals surface area contributed by atoms with Crippen LogP contribution in [0.5, 0.6) is 0 Å². The Morgan fingerprint density at radius 3 is 2.66 bits per heavy atom. The molecule has 3 aromatic rings. The van der Waals surface area contributed by atoms with Crippen molar-refractivity contribution in [3.63, 3.8) is 0 Å². The van der Waals surface area contributed by atoms with Crippen LogP contribution in [0.3, 0.4) is 0 Å². The van der Waals surface area contributed by atoms with Crippen LogP contribution in [0.4, 0.5) is 5.82 Å². The number of nitrogens with two attached hydrogens (primary N) is 2. The fourth-order valence-electron chi connectivity index (χ4n) is 2.93. The maximum Gasteiger partial charge on any atom is 0.242 e. The molecule has 0 saturated carbocycles. The predicted molar refractivity (Wildman–Crippen MR) is 116 cm³/mol. The van der Waals surface area contributed by atoms with Crippen molar-refractivity contribution in [3.05, 3.63) is 59.1 Å². The molecule has 0 aliphatic rings. The highest BCUT2D eigenvalue weighted by Crippen LogP contribution is 2.28. The van der Waals surface area contributed by atoms with Gasteiger partial charge in [0.05, 0.1) is 12.6 Å². The Bertz CT molecular complexity index is 989. The molecule has 1 aromatic carbocycles. The number of carbonyl (C=O) groups excluding carboxylic acids is 2. The first-order valence-electron chi connectivity index (χ1n) is 9.44. The Morgan fingerprint density at radius 2 is 1.93 bits per heavy atom. The second kappa shape index (κ2) is 9.49. The standard InChI is InChI=1S/C21H25N5O2S/c1-13(26-21(28)17(22)8-7-14-5-3-2-4-6-14)20(27)25-12-15-11-16-18(29-15)9-10-24-19(16)23/h2-6,9-11,13,17H,7-8,12,22H2,1H3,(H2,23,24)(H,25,27)(H,26,28). The van der Waals surface area contributed by atoms with Gasteiger partial charge in [-0.05, 0) is 37.5 Å². The van der Waals surface area contributed by atoms with Gasteiger partial charge in [0.15, 0.2) is 0 Å². The van der Waals surface area contributed by atoms with E-state index in [4.69, 9.17) is 11.5 Å². The van der Waals surface area contributed by atoms with Gasteiger partial charge in [-0.25, -0.2) is 4.98 Å². The van der Waals surface area contributed by atoms with Crippen molar-refractivity contribution in [2.75, 3.05) is 5.73 Å². The summed E-state index contributed by atoms with van der Waals surface area (Å²) in [7, 11) is 0. The molecule has 6 N–H and O–H groups in total. The average molecular weight is 412 g/mol. The number of thiophene rings is 1. The summed E-state index contributed by atoms with van der Waals surface area (Å²) in [4.78, 5) is 29.6. The summed E-state index contributed by atoms with van der Waals surface area (Å²) in [5.41, 5.74) is 13.0. The number of nitrogen functional groups attached to an aromatic ring is 1. The maximum absolute atomic E-state index is 12.3. The molecule has 29 heavy (non-hydrogen) atoms. The zero-order valence-electron chi connectivity index (χ0n) is 16.2. The van der Waals surface area contributed by atoms with Gasteiger partial charge < -0.3 is 22.1 Å². The van der Waals surface area contributed by atoms with Crippen LogP contribution in [0.15, 0.2) is 48.7 Å². The van der Waals surface area contributed by atoms with Gasteiger partial charge in [-0.1, -0.05) is 30.3 Å². The number of aromatic nitrogens is 1. The molecule has 7 nitrogen and oxygen atoms in total. The second-order valence-electron chi connectivity index (χ2n) is 6.90. The summed E-state index contributed by atoms with van der Waals surface area (Å²) in [6.07, 6.45) is 2.89. The van der Waals surface area contributed by atoms with E-state index in [9.17, 15) is 9.59 Å². The first-order valence-corrected chi connectivity index (χ1v) is 10.3. The number of rotatable bonds is 8. The van der Waals surface area contributed by atoms with E-state index in [0.717, 1.165) is 20.5 Å². The van der Waals surface area contributed by atoms with Crippen molar-refractivity contribution in [3.8, 4) is 0 Å². The average Bonchev–Trinajstić information content (AvgIpc) is 3.15. The zero-order chi connectivity index (χ0) is 20.8. The molecule has 0 aliphatic heterocycles. The lowest BCUT2D eigenvalue weighted by Crippen LogP contribution is -2.50. The van der Waals surface area contributed by atoms with Gasteiger partial charge in [0.25, 0.3) is 0 Å². The molecule has 0 aliphatic carbocycles. The number of nitrogens with zero attached hydrogens (tertiary/aromatic N) is 1. The van der Waals surface area contributed by atoms with Gasteiger partial charge in [0, 0.05) is 21.2 Å². The number of benzene rings is 1. The van der Waals surface area contributed by atoms with Gasteiger partial charge >= 0.3 is 0 Å². The largest absolute Gasteiger partial charge is 0.383 e. The van der Waals surface area contributed by atoms with E-state index >= 15 is 0 Å². The zero-order valence-corrected chi connectivity index (χ0v) is 17.0. The number of pyridine rings is 1. The number of fused-ring (bicyclic) bond motifs is 1. The molecule has 0 spiro atoms. The summed E-state index contributed by atoms with van der Waals surface area (Å²) in [5.74, 6) is -0.122. The molecule has 2 amide bonds. The van der Waals surface area contributed by atoms with Gasteiger partial charge in [-0.15, -0.1) is 11.3 Å². The summed E-state index contributed by atoms with van der Waals surface area (Å²) < 4.78 is 1.02. The summed E-state index contributed by atoms with van der Waals surface area (Å²) >= 11 is 1.55. The molecule has 2 unspecified atom stereocenters. The third-order valence-electron chi connectivity index (χ3n) is 4.64. The second-order valence-corrected chi connectivity index (χ2v) is 8.07. The molecule has 0 bridgehead atoms. The lowest BCUT2D eigenvalue weighted by Gasteiger charge is -2.17. The smallest absolute Gasteiger partial charge is 0.242 e. The number of aryl methyl sites for hydroxylation is 1. The SMILES string of the molecule is CC(NC(=O)C(N)CCc1ccccc1)C(=O)NCc1cc2c(N)nccc2s1. The highest BCUT2D eigenvalue weighted by molar-refractivity contribution is 7.19. The van der Waals surface area contributed by atoms with E-state index in [-0.39, 0.29) is 11.8 Å². The topological polar surface area (TPSA) is 123 Å². The van der Waals surface area contributed by atoms with E-state index in [1.54, 1.807) is 24.5 Å². The van der Waals surface area contributed by atoms with Crippen molar-refractivity contribution < 1.29 is 9.59 Å². The van der Waals surface area contributed by atoms with E-state index < -0.39 is 12.1 Å². The summed E-state index contributed by atoms with van der Waals surface area (Å²) in [6.45, 7) is 2.00. The predicted octanol–water partition coefficient (Wildman–Crippen LogP) is 1.96. The minimum atomic E-state index is -0.675. The molecule has 0 fully saturated rings. The van der Waals surface area contributed by atoms with Gasteiger partial charge in [0.2, 0.25) is 11.8 Å². The normalized spacial score (nSPS) is 13.0. The summed E-state index contributed by atoms with van der Waals surface area (Å²) in [5, 5.41) is 6.40. The van der Waals surface area contributed by atoms with Crippen LogP contribution >= 0.6 is 11.3 Å². The molecule has 2 heterocycles. The van der Waals surface area contributed by atoms with Gasteiger partial charge in [0.1, 0.15) is 11.9 Å². The number of hydrogen-bond acceptors (Lipinski definition) is 6. The fourth-order valence-corrected chi connectivity index (χ4v) is 3.94. The Balaban J connectivity index is 1.46. The van der Waals surface area contributed by atoms with Crippen molar-refractivity contribution >= 4 is 39.1 Å². The minimum Gasteiger partial charge on any atom is -0.383 e. The number of nitrogens with one attached hydrogen (secondary N) is 2. The van der Waals surface area contributed by atoms with Crippen molar-refractivity contribution in [1.29, 1.82) is 0 Å². The van der Waals surface area contributed by atoms with Crippen LogP contribution in [0.2, 0.25) is 0 Å². The van der Waals surface area contributed by atoms with Crippen LogP contribution in [-0.2, 0) is 22.6 Å². The first kappa shape index (κ1) is 20.8. The van der Waals surface area contributed by atoms with E-state index in [1.165, 1.54) is 0 Å². The molecule has 3 rings (SSSR count). The van der Waals surface area contributed by atoms with Gasteiger partial charge in [-0.3, -0.25) is 9.59 Å². The Morgan fingerprint density at radius 1 is 1.17 bits per heavy atom. The van der Waals surface area contributed by atoms with E-state index in [1.807, 2.05) is 42.5 Å². The molecular formula is C21H25N5O2S. The van der Waals surface area contributed by atoms with Crippen LogP contribution in [-0.4, -0.2) is 28.9 Å². The monoisotopic (exact) mass is 411 g/mol. The Hall–Kier alpha value is -2.97. The third-order valence-corrected chi connectivity index (χ3v) is 5.74. The minimum absolute atomic E-state index is 0.267. The Kier molecular flexibility index (Phi) is 6.79. The molecule has 0 radical (unpaired) electrons. The highest BCUT2D eigenvalue weighted by Gasteiger charge is 2.20. The van der Waals surface area contributed by atoms with E-state index in [2.05, 4.69) is 15.6 Å². The number of anilines is 1. The van der Waals surface area contributed by atoms with Gasteiger partial charge in [-0.2, -0.15) is 0 Å². The third kappa shape index (κ3) is 5.52. The van der Waals surface area contributed by atoms with Crippen LogP contribution in [0.1, 0.15) is 23.8 Å². The molecule has 2 aromatic heterocycles. The molecule has 152 valence electrons. The lowest BCUT2D eigenvalue weighted by molar-refractivity contribution is -0.129. The molecule has 0 saturated heterocycles. The Labute approximate surface area is 173 Å². The van der Waals surface area contributed by atoms with Crippen molar-refractivity contribution in [2.45, 2.75) is 38.4 Å². The van der Waals surface area contributed by atoms with E-state index in [0.29, 0.717) is 25.2 Å². The molecule has 8 heteroatoms. The van der Waals surface area contributed by atoms with Crippen molar-refractivity contribution in [2.24, 2.45) is 5.73 Å². The van der Waals surface area contributed by atoms with Crippen molar-refractivity contribution in [1.82, 2.24) is 15.6 Å². The number of hydrogen-bond donors (Lipinski definition) is 4.